The van der Waals surface area contributed by atoms with Gasteiger partial charge in [0, 0.05) is 17.0 Å². The second-order valence-corrected chi connectivity index (χ2v) is 7.48. The number of benzene rings is 1. The number of carbonyl (C=O) groups is 1. The van der Waals surface area contributed by atoms with Crippen LogP contribution in [0.2, 0.25) is 0 Å². The highest BCUT2D eigenvalue weighted by molar-refractivity contribution is 7.19. The first-order chi connectivity index (χ1) is 11.8. The van der Waals surface area contributed by atoms with Crippen molar-refractivity contribution in [2.24, 2.45) is 0 Å². The first-order valence-corrected chi connectivity index (χ1v) is 8.91. The number of aliphatic carboxylic acids is 1. The van der Waals surface area contributed by atoms with Gasteiger partial charge in [0.1, 0.15) is 10.7 Å². The van der Waals surface area contributed by atoms with Crippen molar-refractivity contribution >= 4 is 27.5 Å². The topological polar surface area (TPSA) is 72.2 Å². The summed E-state index contributed by atoms with van der Waals surface area (Å²) in [4.78, 5) is 30.2. The van der Waals surface area contributed by atoms with E-state index in [9.17, 15) is 9.59 Å². The van der Waals surface area contributed by atoms with Gasteiger partial charge in [-0.15, -0.1) is 11.3 Å². The Morgan fingerprint density at radius 3 is 2.56 bits per heavy atom. The molecule has 0 fully saturated rings. The van der Waals surface area contributed by atoms with Crippen molar-refractivity contribution in [3.63, 3.8) is 0 Å². The van der Waals surface area contributed by atoms with E-state index in [1.54, 1.807) is 6.92 Å². The molecule has 1 N–H and O–H groups in total. The van der Waals surface area contributed by atoms with Crippen LogP contribution in [-0.2, 0) is 11.3 Å². The summed E-state index contributed by atoms with van der Waals surface area (Å²) in [5.74, 6) is -0.381. The Morgan fingerprint density at radius 2 is 1.92 bits per heavy atom. The highest BCUT2D eigenvalue weighted by atomic mass is 32.1. The van der Waals surface area contributed by atoms with Crippen LogP contribution in [0.3, 0.4) is 0 Å². The molecule has 0 saturated heterocycles. The predicted molar refractivity (Wildman–Crippen MR) is 101 cm³/mol. The second-order valence-electron chi connectivity index (χ2n) is 6.27. The number of aryl methyl sites for hydroxylation is 4. The third-order valence-electron chi connectivity index (χ3n) is 4.52. The highest BCUT2D eigenvalue weighted by Crippen LogP contribution is 2.36. The molecular formula is C19H20N2O3S. The molecule has 0 aliphatic carbocycles. The fourth-order valence-electron chi connectivity index (χ4n) is 3.01. The van der Waals surface area contributed by atoms with E-state index in [2.05, 4.69) is 31.0 Å². The quantitative estimate of drug-likeness (QED) is 0.771. The molecule has 0 radical (unpaired) electrons. The van der Waals surface area contributed by atoms with Gasteiger partial charge in [-0.25, -0.2) is 4.98 Å². The Balaban J connectivity index is 2.27. The van der Waals surface area contributed by atoms with Gasteiger partial charge in [-0.1, -0.05) is 18.2 Å². The zero-order valence-corrected chi connectivity index (χ0v) is 15.5. The van der Waals surface area contributed by atoms with Crippen LogP contribution in [-0.4, -0.2) is 20.6 Å². The molecule has 130 valence electrons. The predicted octanol–water partition coefficient (Wildman–Crippen LogP) is 3.83. The molecule has 1 aromatic carbocycles. The van der Waals surface area contributed by atoms with Crippen LogP contribution < -0.4 is 5.56 Å². The first-order valence-electron chi connectivity index (χ1n) is 8.09. The minimum absolute atomic E-state index is 0.101. The zero-order chi connectivity index (χ0) is 18.3. The number of hydrogen-bond acceptors (Lipinski definition) is 4. The summed E-state index contributed by atoms with van der Waals surface area (Å²) in [6.45, 7) is 7.97. The van der Waals surface area contributed by atoms with Crippen molar-refractivity contribution in [3.05, 3.63) is 50.4 Å². The number of nitrogens with zero attached hydrogens (tertiary/aromatic N) is 2. The molecular weight excluding hydrogens is 336 g/mol. The lowest BCUT2D eigenvalue weighted by Gasteiger charge is -2.10. The molecule has 0 atom stereocenters. The normalized spacial score (nSPS) is 11.2. The summed E-state index contributed by atoms with van der Waals surface area (Å²) in [7, 11) is 0. The molecule has 0 unspecified atom stereocenters. The number of aromatic nitrogens is 2. The molecule has 0 bridgehead atoms. The van der Waals surface area contributed by atoms with E-state index in [4.69, 9.17) is 5.11 Å². The van der Waals surface area contributed by atoms with Gasteiger partial charge in [-0.2, -0.15) is 0 Å². The average molecular weight is 356 g/mol. The van der Waals surface area contributed by atoms with Crippen LogP contribution in [0, 0.1) is 27.7 Å². The summed E-state index contributed by atoms with van der Waals surface area (Å²) in [5, 5.41) is 9.51. The Hall–Kier alpha value is -2.47. The van der Waals surface area contributed by atoms with Crippen molar-refractivity contribution in [3.8, 4) is 11.1 Å². The number of thiophene rings is 1. The number of carboxylic acids is 1. The Labute approximate surface area is 149 Å². The first kappa shape index (κ1) is 17.4. The van der Waals surface area contributed by atoms with Crippen LogP contribution >= 0.6 is 11.3 Å². The summed E-state index contributed by atoms with van der Waals surface area (Å²) in [5.41, 5.74) is 4.11. The minimum Gasteiger partial charge on any atom is -0.481 e. The largest absolute Gasteiger partial charge is 0.481 e. The molecule has 0 saturated carbocycles. The van der Waals surface area contributed by atoms with Gasteiger partial charge in [0.2, 0.25) is 0 Å². The van der Waals surface area contributed by atoms with Crippen LogP contribution in [0.25, 0.3) is 21.3 Å². The molecule has 0 aliphatic rings. The van der Waals surface area contributed by atoms with Gasteiger partial charge < -0.3 is 5.11 Å². The molecule has 3 aromatic rings. The highest BCUT2D eigenvalue weighted by Gasteiger charge is 2.19. The summed E-state index contributed by atoms with van der Waals surface area (Å²) in [6.07, 6.45) is -0.101. The number of carboxylic acid groups (broad SMARTS) is 1. The average Bonchev–Trinajstić information content (AvgIpc) is 2.85. The van der Waals surface area contributed by atoms with E-state index in [1.807, 2.05) is 13.0 Å². The molecule has 0 aliphatic heterocycles. The molecule has 2 heterocycles. The maximum absolute atomic E-state index is 13.1. The summed E-state index contributed by atoms with van der Waals surface area (Å²) < 4.78 is 1.47. The lowest BCUT2D eigenvalue weighted by molar-refractivity contribution is -0.137. The Kier molecular flexibility index (Phi) is 4.47. The third kappa shape index (κ3) is 3.09. The molecule has 0 spiro atoms. The molecule has 3 rings (SSSR count). The van der Waals surface area contributed by atoms with Gasteiger partial charge in [0.05, 0.1) is 11.8 Å². The van der Waals surface area contributed by atoms with Crippen LogP contribution in [0.15, 0.2) is 23.0 Å². The van der Waals surface area contributed by atoms with Crippen molar-refractivity contribution in [1.29, 1.82) is 0 Å². The molecule has 5 nitrogen and oxygen atoms in total. The van der Waals surface area contributed by atoms with Crippen LogP contribution in [0.4, 0.5) is 0 Å². The fraction of sp³-hybridized carbons (Fsp3) is 0.316. The fourth-order valence-corrected chi connectivity index (χ4v) is 4.09. The van der Waals surface area contributed by atoms with E-state index < -0.39 is 5.97 Å². The van der Waals surface area contributed by atoms with Crippen LogP contribution in [0.1, 0.15) is 28.2 Å². The van der Waals surface area contributed by atoms with Crippen LogP contribution in [0.5, 0.6) is 0 Å². The second kappa shape index (κ2) is 6.44. The van der Waals surface area contributed by atoms with Gasteiger partial charge in [-0.3, -0.25) is 14.2 Å². The van der Waals surface area contributed by atoms with E-state index in [-0.39, 0.29) is 18.5 Å². The summed E-state index contributed by atoms with van der Waals surface area (Å²) >= 11 is 1.50. The van der Waals surface area contributed by atoms with Gasteiger partial charge in [0.25, 0.3) is 5.56 Å². The van der Waals surface area contributed by atoms with E-state index in [0.717, 1.165) is 16.0 Å². The number of hydrogen-bond donors (Lipinski definition) is 1. The van der Waals surface area contributed by atoms with Crippen molar-refractivity contribution in [1.82, 2.24) is 9.55 Å². The summed E-state index contributed by atoms with van der Waals surface area (Å²) in [6, 6.07) is 6.17. The molecule has 2 aromatic heterocycles. The van der Waals surface area contributed by atoms with Crippen molar-refractivity contribution in [2.45, 2.75) is 40.7 Å². The monoisotopic (exact) mass is 356 g/mol. The maximum atomic E-state index is 13.1. The number of rotatable bonds is 4. The van der Waals surface area contributed by atoms with Crippen molar-refractivity contribution in [2.75, 3.05) is 0 Å². The minimum atomic E-state index is -0.928. The SMILES string of the molecule is Cc1ccc(-c2c(C)sc3nc(C)n(CCC(=O)O)c(=O)c23)cc1C. The number of fused-ring (bicyclic) bond motifs is 1. The molecule has 0 amide bonds. The van der Waals surface area contributed by atoms with Gasteiger partial charge in [0.15, 0.2) is 0 Å². The van der Waals surface area contributed by atoms with E-state index in [1.165, 1.54) is 27.0 Å². The Morgan fingerprint density at radius 1 is 1.20 bits per heavy atom. The van der Waals surface area contributed by atoms with E-state index in [0.29, 0.717) is 16.0 Å². The lowest BCUT2D eigenvalue weighted by Crippen LogP contribution is -2.24. The van der Waals surface area contributed by atoms with Crippen molar-refractivity contribution < 1.29 is 9.90 Å². The van der Waals surface area contributed by atoms with E-state index >= 15 is 0 Å². The zero-order valence-electron chi connectivity index (χ0n) is 14.7. The lowest BCUT2D eigenvalue weighted by atomic mass is 9.99. The molecule has 6 heteroatoms. The molecule has 25 heavy (non-hydrogen) atoms. The Bertz CT molecular complexity index is 1050. The van der Waals surface area contributed by atoms with Gasteiger partial charge >= 0.3 is 5.97 Å². The third-order valence-corrected chi connectivity index (χ3v) is 5.52. The smallest absolute Gasteiger partial charge is 0.305 e. The standard InChI is InChI=1S/C19H20N2O3S/c1-10-5-6-14(9-11(10)2)16-12(3)25-18-17(16)19(24)21(13(4)20-18)8-7-15(22)23/h5-6,9H,7-8H2,1-4H3,(H,22,23). The maximum Gasteiger partial charge on any atom is 0.305 e. The van der Waals surface area contributed by atoms with Gasteiger partial charge in [-0.05, 0) is 44.4 Å².